The molecular formula is C36H49ClN4O3. The molecule has 1 unspecified atom stereocenters. The number of nitrogens with two attached hydrogens (primary N) is 1. The van der Waals surface area contributed by atoms with Gasteiger partial charge in [-0.15, -0.1) is 0 Å². The summed E-state index contributed by atoms with van der Waals surface area (Å²) in [6.45, 7) is 7.20. The Morgan fingerprint density at radius 2 is 1.66 bits per heavy atom. The number of halogens is 1. The fraction of sp³-hybridized carbons (Fsp3) is 0.583. The van der Waals surface area contributed by atoms with E-state index >= 15 is 0 Å². The SMILES string of the molecule is CC(C)(C)NC(=O)C1(C2CCCCC2)CCN(C(=O)C[C@H](Cc2ccc(Cl)cc2)NC(=O)C2Cc3ccccc3[C@H]2N)CC1. The van der Waals surface area contributed by atoms with Crippen LogP contribution < -0.4 is 16.4 Å². The van der Waals surface area contributed by atoms with E-state index < -0.39 is 5.41 Å². The van der Waals surface area contributed by atoms with Crippen LogP contribution in [0.4, 0.5) is 0 Å². The number of nitrogens with one attached hydrogen (secondary N) is 2. The molecule has 0 radical (unpaired) electrons. The van der Waals surface area contributed by atoms with Gasteiger partial charge in [0.1, 0.15) is 0 Å². The number of piperidine rings is 1. The highest BCUT2D eigenvalue weighted by molar-refractivity contribution is 6.30. The van der Waals surface area contributed by atoms with Crippen molar-refractivity contribution in [3.8, 4) is 0 Å². The molecule has 44 heavy (non-hydrogen) atoms. The van der Waals surface area contributed by atoms with Crippen LogP contribution in [0.2, 0.25) is 5.02 Å². The van der Waals surface area contributed by atoms with Crippen LogP contribution in [0, 0.1) is 17.3 Å². The third kappa shape index (κ3) is 7.48. The second-order valence-electron chi connectivity index (χ2n) is 14.4. The van der Waals surface area contributed by atoms with Gasteiger partial charge in [-0.05, 0) is 94.0 Å². The van der Waals surface area contributed by atoms with Crippen LogP contribution in [0.25, 0.3) is 0 Å². The first-order valence-corrected chi connectivity index (χ1v) is 16.8. The standard InChI is InChI=1S/C36H49ClN4O3/c1-35(2,3)40-34(44)36(26-10-5-4-6-11-26)17-19-41(20-18-36)31(42)23-28(21-24-13-15-27(37)16-14-24)39-33(43)30-22-25-9-7-8-12-29(25)32(30)38/h7-9,12-16,26,28,30,32H,4-6,10-11,17-23,38H2,1-3H3,(H,39,43)(H,40,44)/t28-,30?,32+/m0/s1. The molecule has 1 heterocycles. The predicted octanol–water partition coefficient (Wildman–Crippen LogP) is 5.73. The minimum Gasteiger partial charge on any atom is -0.352 e. The van der Waals surface area contributed by atoms with E-state index in [0.29, 0.717) is 49.7 Å². The first-order chi connectivity index (χ1) is 20.9. The van der Waals surface area contributed by atoms with Crippen LogP contribution in [0.15, 0.2) is 48.5 Å². The van der Waals surface area contributed by atoms with Crippen molar-refractivity contribution in [2.45, 2.75) is 103 Å². The van der Waals surface area contributed by atoms with E-state index in [2.05, 4.69) is 10.6 Å². The van der Waals surface area contributed by atoms with Gasteiger partial charge < -0.3 is 21.3 Å². The molecule has 3 aliphatic rings. The van der Waals surface area contributed by atoms with E-state index in [1.807, 2.05) is 74.2 Å². The van der Waals surface area contributed by atoms with Gasteiger partial charge in [0.05, 0.1) is 11.3 Å². The number of hydrogen-bond donors (Lipinski definition) is 3. The number of likely N-dealkylation sites (tertiary alicyclic amines) is 1. The molecule has 4 N–H and O–H groups in total. The number of rotatable bonds is 8. The highest BCUT2D eigenvalue weighted by Crippen LogP contribution is 2.46. The van der Waals surface area contributed by atoms with E-state index in [-0.39, 0.29) is 47.7 Å². The Hall–Kier alpha value is -2.90. The summed E-state index contributed by atoms with van der Waals surface area (Å²) in [6, 6.07) is 14.7. The Balaban J connectivity index is 1.27. The van der Waals surface area contributed by atoms with Crippen LogP contribution >= 0.6 is 11.6 Å². The summed E-state index contributed by atoms with van der Waals surface area (Å²) in [7, 11) is 0. The zero-order chi connectivity index (χ0) is 31.5. The molecule has 2 fully saturated rings. The number of carbonyl (C=O) groups is 3. The number of nitrogens with zero attached hydrogens (tertiary/aromatic N) is 1. The molecule has 1 saturated heterocycles. The number of carbonyl (C=O) groups excluding carboxylic acids is 3. The van der Waals surface area contributed by atoms with Crippen molar-refractivity contribution < 1.29 is 14.4 Å². The van der Waals surface area contributed by atoms with Crippen molar-refractivity contribution in [3.63, 3.8) is 0 Å². The molecule has 8 heteroatoms. The van der Waals surface area contributed by atoms with Crippen molar-refractivity contribution in [1.29, 1.82) is 0 Å². The van der Waals surface area contributed by atoms with Crippen molar-refractivity contribution in [1.82, 2.24) is 15.5 Å². The first kappa shape index (κ1) is 32.5. The molecule has 3 atom stereocenters. The van der Waals surface area contributed by atoms with Gasteiger partial charge in [-0.1, -0.05) is 67.3 Å². The molecule has 5 rings (SSSR count). The highest BCUT2D eigenvalue weighted by Gasteiger charge is 2.48. The second-order valence-corrected chi connectivity index (χ2v) is 14.8. The Morgan fingerprint density at radius 1 is 1.00 bits per heavy atom. The van der Waals surface area contributed by atoms with Crippen molar-refractivity contribution in [3.05, 3.63) is 70.2 Å². The summed E-state index contributed by atoms with van der Waals surface area (Å²) < 4.78 is 0. The second kappa shape index (κ2) is 13.6. The fourth-order valence-corrected chi connectivity index (χ4v) is 7.83. The van der Waals surface area contributed by atoms with Crippen LogP contribution in [0.1, 0.15) is 94.9 Å². The molecule has 0 spiro atoms. The quantitative estimate of drug-likeness (QED) is 0.350. The Kier molecular flexibility index (Phi) is 10.1. The lowest BCUT2D eigenvalue weighted by molar-refractivity contribution is -0.146. The molecule has 0 aromatic heterocycles. The maximum Gasteiger partial charge on any atom is 0.227 e. The maximum atomic E-state index is 13.8. The summed E-state index contributed by atoms with van der Waals surface area (Å²) in [6.07, 6.45) is 8.36. The van der Waals surface area contributed by atoms with Gasteiger partial charge >= 0.3 is 0 Å². The lowest BCUT2D eigenvalue weighted by Crippen LogP contribution is -2.57. The van der Waals surface area contributed by atoms with Crippen molar-refractivity contribution in [2.75, 3.05) is 13.1 Å². The smallest absolute Gasteiger partial charge is 0.227 e. The minimum atomic E-state index is -0.435. The summed E-state index contributed by atoms with van der Waals surface area (Å²) in [5.74, 6) is 0.0203. The van der Waals surface area contributed by atoms with E-state index in [1.54, 1.807) is 0 Å². The van der Waals surface area contributed by atoms with Crippen molar-refractivity contribution >= 4 is 29.3 Å². The summed E-state index contributed by atoms with van der Waals surface area (Å²) in [4.78, 5) is 43.1. The molecule has 238 valence electrons. The molecule has 7 nitrogen and oxygen atoms in total. The maximum absolute atomic E-state index is 13.8. The fourth-order valence-electron chi connectivity index (χ4n) is 7.71. The number of hydrogen-bond acceptors (Lipinski definition) is 4. The van der Waals surface area contributed by atoms with Gasteiger partial charge in [-0.2, -0.15) is 0 Å². The summed E-state index contributed by atoms with van der Waals surface area (Å²) in [5, 5.41) is 7.13. The number of amides is 3. The average molecular weight is 621 g/mol. The lowest BCUT2D eigenvalue weighted by atomic mass is 9.63. The van der Waals surface area contributed by atoms with E-state index in [4.69, 9.17) is 17.3 Å². The zero-order valence-electron chi connectivity index (χ0n) is 26.5. The molecule has 2 aromatic carbocycles. The van der Waals surface area contributed by atoms with Gasteiger partial charge in [-0.3, -0.25) is 14.4 Å². The molecule has 2 aliphatic carbocycles. The van der Waals surface area contributed by atoms with Crippen LogP contribution in [-0.4, -0.2) is 47.3 Å². The van der Waals surface area contributed by atoms with Gasteiger partial charge in [0, 0.05) is 42.2 Å². The molecule has 3 amide bonds. The van der Waals surface area contributed by atoms with Crippen LogP contribution in [-0.2, 0) is 27.2 Å². The molecule has 1 saturated carbocycles. The average Bonchev–Trinajstić information content (AvgIpc) is 3.34. The topological polar surface area (TPSA) is 105 Å². The highest BCUT2D eigenvalue weighted by atomic mass is 35.5. The van der Waals surface area contributed by atoms with E-state index in [9.17, 15) is 14.4 Å². The normalized spacial score (nSPS) is 22.6. The summed E-state index contributed by atoms with van der Waals surface area (Å²) >= 11 is 6.13. The molecule has 1 aliphatic heterocycles. The Bertz CT molecular complexity index is 1320. The number of benzene rings is 2. The molecular weight excluding hydrogens is 572 g/mol. The predicted molar refractivity (Wildman–Crippen MR) is 175 cm³/mol. The summed E-state index contributed by atoms with van der Waals surface area (Å²) in [5.41, 5.74) is 8.91. The number of fused-ring (bicyclic) bond motifs is 1. The monoisotopic (exact) mass is 620 g/mol. The van der Waals surface area contributed by atoms with Gasteiger partial charge in [-0.25, -0.2) is 0 Å². The minimum absolute atomic E-state index is 0.0109. The zero-order valence-corrected chi connectivity index (χ0v) is 27.3. The van der Waals surface area contributed by atoms with Crippen molar-refractivity contribution in [2.24, 2.45) is 23.0 Å². The van der Waals surface area contributed by atoms with E-state index in [1.165, 1.54) is 19.3 Å². The van der Waals surface area contributed by atoms with Gasteiger partial charge in [0.25, 0.3) is 0 Å². The third-order valence-corrected chi connectivity index (χ3v) is 10.4. The first-order valence-electron chi connectivity index (χ1n) is 16.4. The lowest BCUT2D eigenvalue weighted by Gasteiger charge is -2.47. The van der Waals surface area contributed by atoms with Gasteiger partial charge in [0.2, 0.25) is 17.7 Å². The Labute approximate surface area is 267 Å². The van der Waals surface area contributed by atoms with E-state index in [0.717, 1.165) is 29.5 Å². The van der Waals surface area contributed by atoms with Crippen LogP contribution in [0.3, 0.4) is 0 Å². The largest absolute Gasteiger partial charge is 0.352 e. The third-order valence-electron chi connectivity index (χ3n) is 10.1. The Morgan fingerprint density at radius 3 is 2.30 bits per heavy atom. The van der Waals surface area contributed by atoms with Gasteiger partial charge in [0.15, 0.2) is 0 Å². The van der Waals surface area contributed by atoms with Crippen LogP contribution in [0.5, 0.6) is 0 Å². The molecule has 2 aromatic rings. The molecule has 0 bridgehead atoms.